The van der Waals surface area contributed by atoms with Crippen molar-refractivity contribution in [1.82, 2.24) is 31.1 Å². The van der Waals surface area contributed by atoms with Crippen molar-refractivity contribution in [2.45, 2.75) is 116 Å². The maximum Gasteiger partial charge on any atom is 0.408 e. The molecule has 1 heterocycles. The highest BCUT2D eigenvalue weighted by Crippen LogP contribution is 2.65. The Hall–Kier alpha value is -4.49. The van der Waals surface area contributed by atoms with E-state index in [9.17, 15) is 33.6 Å². The van der Waals surface area contributed by atoms with E-state index in [2.05, 4.69) is 35.1 Å². The Morgan fingerprint density at radius 3 is 2.15 bits per heavy atom. The largest absolute Gasteiger partial charge is 0.444 e. The first-order valence-electron chi connectivity index (χ1n) is 19.4. The number of alkyl carbamates (subject to hydrolysis) is 1. The molecule has 0 spiro atoms. The number of amides is 6. The predicted molar refractivity (Wildman–Crippen MR) is 199 cm³/mol. The number of hydrogen-bond donors (Lipinski definition) is 4. The van der Waals surface area contributed by atoms with Gasteiger partial charge in [0.2, 0.25) is 29.4 Å². The first kappa shape index (κ1) is 40.7. The van der Waals surface area contributed by atoms with Crippen molar-refractivity contribution >= 4 is 41.4 Å². The maximum absolute atomic E-state index is 14.4. The Morgan fingerprint density at radius 1 is 0.907 bits per heavy atom. The smallest absolute Gasteiger partial charge is 0.408 e. The van der Waals surface area contributed by atoms with Crippen LogP contribution in [-0.2, 0) is 33.5 Å². The molecule has 1 saturated heterocycles. The molecule has 5 rings (SSSR count). The van der Waals surface area contributed by atoms with E-state index in [1.165, 1.54) is 4.90 Å². The molecule has 296 valence electrons. The summed E-state index contributed by atoms with van der Waals surface area (Å²) in [5, 5.41) is 10.7. The van der Waals surface area contributed by atoms with Crippen molar-refractivity contribution in [3.05, 3.63) is 35.9 Å². The second-order valence-electron chi connectivity index (χ2n) is 17.3. The number of fused-ring (bicyclic) bond motifs is 1. The summed E-state index contributed by atoms with van der Waals surface area (Å²) in [7, 11) is 3.14. The minimum atomic E-state index is -1.16. The number of likely N-dealkylation sites (N-methyl/N-ethyl adjacent to an activating group) is 1. The number of Topliss-reactive ketones (excluding diaryl/α,β-unsaturated/α-hetero) is 1. The van der Waals surface area contributed by atoms with Crippen molar-refractivity contribution in [1.29, 1.82) is 0 Å². The molecule has 4 fully saturated rings. The number of nitrogens with one attached hydrogen (secondary N) is 4. The molecule has 1 unspecified atom stereocenters. The first-order valence-corrected chi connectivity index (χ1v) is 19.4. The standard InChI is InChI=1S/C40H58N6O8/c1-39(2,3)54-38(53)44-31(25-16-12-9-13-17-25)37(52)46-22-26-29(40(26,4)5)32(46)34(49)42-27(20-23-18-19-23)33(48)35(50)41-21-28(47)43-30(36(51)45(6)7)24-14-10-8-11-15-24/h8,10-11,14-15,23,25-27,29-32H,9,12-13,16-22H2,1-7H3,(H,41,50)(H,42,49)(H,43,47)(H,44,53)/t26-,27?,29-,30-,31-,32-/m0/s1. The van der Waals surface area contributed by atoms with Crippen LogP contribution in [0.3, 0.4) is 0 Å². The number of rotatable bonds is 14. The number of carbonyl (C=O) groups excluding carboxylic acids is 7. The van der Waals surface area contributed by atoms with Crippen LogP contribution in [0.25, 0.3) is 0 Å². The Balaban J connectivity index is 1.27. The number of benzene rings is 1. The summed E-state index contributed by atoms with van der Waals surface area (Å²) in [5.74, 6) is -3.87. The summed E-state index contributed by atoms with van der Waals surface area (Å²) < 4.78 is 5.53. The second-order valence-corrected chi connectivity index (χ2v) is 17.3. The van der Waals surface area contributed by atoms with Crippen LogP contribution in [0.15, 0.2) is 30.3 Å². The molecule has 4 aliphatic rings. The number of carbonyl (C=O) groups is 7. The average molecular weight is 751 g/mol. The van der Waals surface area contributed by atoms with E-state index in [1.54, 1.807) is 70.1 Å². The van der Waals surface area contributed by atoms with E-state index in [0.29, 0.717) is 12.1 Å². The van der Waals surface area contributed by atoms with Crippen molar-refractivity contribution in [3.8, 4) is 0 Å². The van der Waals surface area contributed by atoms with Crippen molar-refractivity contribution < 1.29 is 38.3 Å². The fourth-order valence-corrected chi connectivity index (χ4v) is 8.26. The van der Waals surface area contributed by atoms with Gasteiger partial charge in [0.05, 0.1) is 12.6 Å². The van der Waals surface area contributed by atoms with Gasteiger partial charge in [0.1, 0.15) is 23.7 Å². The number of piperidine rings is 1. The number of ether oxygens (including phenoxy) is 1. The van der Waals surface area contributed by atoms with Crippen LogP contribution in [0.1, 0.15) is 97.6 Å². The molecule has 0 bridgehead atoms. The SMILES string of the molecule is CN(C)C(=O)[C@@H](NC(=O)CNC(=O)C(=O)C(CC1CC1)NC(=O)[C@@H]1[C@@H]2[C@H](CN1C(=O)[C@@H](NC(=O)OC(C)(C)C)C1CCCCC1)C2(C)C)c1ccccc1. The molecular formula is C40H58N6O8. The van der Waals surface area contributed by atoms with Crippen LogP contribution < -0.4 is 21.3 Å². The van der Waals surface area contributed by atoms with Gasteiger partial charge in [-0.2, -0.15) is 0 Å². The van der Waals surface area contributed by atoms with Gasteiger partial charge in [0.15, 0.2) is 0 Å². The molecule has 4 N–H and O–H groups in total. The molecular weight excluding hydrogens is 692 g/mol. The molecule has 1 aliphatic heterocycles. The van der Waals surface area contributed by atoms with Crippen LogP contribution in [-0.4, -0.2) is 102 Å². The minimum Gasteiger partial charge on any atom is -0.444 e. The van der Waals surface area contributed by atoms with Crippen LogP contribution in [0.5, 0.6) is 0 Å². The molecule has 1 aromatic carbocycles. The quantitative estimate of drug-likeness (QED) is 0.209. The third-order valence-corrected chi connectivity index (χ3v) is 11.5. The van der Waals surface area contributed by atoms with Gasteiger partial charge in [-0.25, -0.2) is 4.79 Å². The summed E-state index contributed by atoms with van der Waals surface area (Å²) in [6.07, 6.45) is 5.72. The number of hydrogen-bond acceptors (Lipinski definition) is 8. The monoisotopic (exact) mass is 750 g/mol. The summed E-state index contributed by atoms with van der Waals surface area (Å²) in [6.45, 7) is 9.16. The Bertz CT molecular complexity index is 1600. The Labute approximate surface area is 318 Å². The molecule has 1 aromatic rings. The molecule has 3 saturated carbocycles. The lowest BCUT2D eigenvalue weighted by Gasteiger charge is -2.37. The lowest BCUT2D eigenvalue weighted by Crippen LogP contribution is -2.60. The zero-order valence-corrected chi connectivity index (χ0v) is 32.7. The van der Waals surface area contributed by atoms with Gasteiger partial charge < -0.3 is 35.8 Å². The molecule has 6 amide bonds. The third kappa shape index (κ3) is 9.78. The maximum atomic E-state index is 14.4. The number of likely N-dealkylation sites (tertiary alicyclic amines) is 1. The highest BCUT2D eigenvalue weighted by Gasteiger charge is 2.70. The third-order valence-electron chi connectivity index (χ3n) is 11.5. The Kier molecular flexibility index (Phi) is 12.4. The number of nitrogens with zero attached hydrogens (tertiary/aromatic N) is 2. The molecule has 14 nitrogen and oxygen atoms in total. The van der Waals surface area contributed by atoms with Crippen LogP contribution in [0.4, 0.5) is 4.79 Å². The highest BCUT2D eigenvalue weighted by atomic mass is 16.6. The van der Waals surface area contributed by atoms with Crippen molar-refractivity contribution in [2.24, 2.45) is 29.1 Å². The topological polar surface area (TPSA) is 183 Å². The van der Waals surface area contributed by atoms with Gasteiger partial charge in [-0.1, -0.05) is 76.3 Å². The van der Waals surface area contributed by atoms with E-state index in [-0.39, 0.29) is 47.3 Å². The van der Waals surface area contributed by atoms with Crippen LogP contribution in [0.2, 0.25) is 0 Å². The predicted octanol–water partition coefficient (Wildman–Crippen LogP) is 2.86. The van der Waals surface area contributed by atoms with E-state index >= 15 is 0 Å². The van der Waals surface area contributed by atoms with Gasteiger partial charge >= 0.3 is 6.09 Å². The van der Waals surface area contributed by atoms with Gasteiger partial charge in [-0.3, -0.25) is 28.8 Å². The lowest BCUT2D eigenvalue weighted by molar-refractivity contribution is -0.145. The van der Waals surface area contributed by atoms with Crippen LogP contribution >= 0.6 is 0 Å². The molecule has 54 heavy (non-hydrogen) atoms. The fraction of sp³-hybridized carbons (Fsp3) is 0.675. The summed E-state index contributed by atoms with van der Waals surface area (Å²) >= 11 is 0. The normalized spacial score (nSPS) is 23.5. The molecule has 3 aliphatic carbocycles. The minimum absolute atomic E-state index is 0.0595. The second kappa shape index (κ2) is 16.5. The van der Waals surface area contributed by atoms with Gasteiger partial charge in [0.25, 0.3) is 5.91 Å². The average Bonchev–Trinajstić information content (AvgIpc) is 3.98. The summed E-state index contributed by atoms with van der Waals surface area (Å²) in [6, 6.07) is 4.77. The first-order chi connectivity index (χ1) is 25.4. The highest BCUT2D eigenvalue weighted by molar-refractivity contribution is 6.38. The van der Waals surface area contributed by atoms with E-state index in [0.717, 1.165) is 44.9 Å². The van der Waals surface area contributed by atoms with Gasteiger partial charge in [0, 0.05) is 20.6 Å². The van der Waals surface area contributed by atoms with E-state index in [4.69, 9.17) is 4.74 Å². The van der Waals surface area contributed by atoms with Gasteiger partial charge in [-0.05, 0) is 74.7 Å². The molecule has 0 radical (unpaired) electrons. The van der Waals surface area contributed by atoms with Gasteiger partial charge in [-0.15, -0.1) is 0 Å². The summed E-state index contributed by atoms with van der Waals surface area (Å²) in [4.78, 5) is 97.3. The zero-order valence-electron chi connectivity index (χ0n) is 32.7. The van der Waals surface area contributed by atoms with E-state index in [1.807, 2.05) is 0 Å². The van der Waals surface area contributed by atoms with E-state index < -0.39 is 65.9 Å². The van der Waals surface area contributed by atoms with Crippen LogP contribution in [0, 0.1) is 29.1 Å². The van der Waals surface area contributed by atoms with Crippen molar-refractivity contribution in [3.63, 3.8) is 0 Å². The Morgan fingerprint density at radius 2 is 1.56 bits per heavy atom. The molecule has 0 aromatic heterocycles. The lowest BCUT2D eigenvalue weighted by atomic mass is 9.83. The fourth-order valence-electron chi connectivity index (χ4n) is 8.26. The molecule has 6 atom stereocenters. The zero-order chi connectivity index (χ0) is 39.5. The number of ketones is 1. The molecule has 14 heteroatoms. The summed E-state index contributed by atoms with van der Waals surface area (Å²) in [5.41, 5.74) is -0.421. The van der Waals surface area contributed by atoms with Crippen molar-refractivity contribution in [2.75, 3.05) is 27.2 Å².